The van der Waals surface area contributed by atoms with Crippen molar-refractivity contribution >= 4 is 32.6 Å². The van der Waals surface area contributed by atoms with E-state index in [0.29, 0.717) is 40.6 Å². The van der Waals surface area contributed by atoms with Crippen LogP contribution in [-0.4, -0.2) is 50.9 Å². The van der Waals surface area contributed by atoms with E-state index in [-0.39, 0.29) is 16.8 Å². The minimum Gasteiger partial charge on any atom is -0.481 e. The van der Waals surface area contributed by atoms with Crippen LogP contribution in [0.4, 0.5) is 4.39 Å². The number of sulfone groups is 1. The Labute approximate surface area is 204 Å². The maximum absolute atomic E-state index is 13.3. The van der Waals surface area contributed by atoms with Gasteiger partial charge in [-0.1, -0.05) is 6.07 Å². The number of nitrogens with zero attached hydrogens (tertiary/aromatic N) is 4. The summed E-state index contributed by atoms with van der Waals surface area (Å²) in [7, 11) is -3.83. The lowest BCUT2D eigenvalue weighted by Crippen LogP contribution is -2.35. The topological polar surface area (TPSA) is 144 Å². The van der Waals surface area contributed by atoms with Crippen molar-refractivity contribution in [3.8, 4) is 5.69 Å². The zero-order valence-corrected chi connectivity index (χ0v) is 19.6. The average molecular weight is 510 g/mol. The Morgan fingerprint density at radius 3 is 2.44 bits per heavy atom. The lowest BCUT2D eigenvalue weighted by molar-refractivity contribution is -0.136. The lowest BCUT2D eigenvalue weighted by atomic mass is 10.1. The van der Waals surface area contributed by atoms with Crippen LogP contribution in [0.5, 0.6) is 0 Å². The summed E-state index contributed by atoms with van der Waals surface area (Å²) in [6.45, 7) is 0. The van der Waals surface area contributed by atoms with E-state index in [4.69, 9.17) is 5.11 Å². The van der Waals surface area contributed by atoms with Gasteiger partial charge in [0.25, 0.3) is 5.91 Å². The molecule has 3 heterocycles. The zero-order valence-electron chi connectivity index (χ0n) is 18.8. The van der Waals surface area contributed by atoms with Crippen LogP contribution in [0.2, 0.25) is 0 Å². The van der Waals surface area contributed by atoms with Gasteiger partial charge in [0.1, 0.15) is 5.82 Å². The number of halogens is 1. The van der Waals surface area contributed by atoms with Crippen LogP contribution < -0.4 is 5.32 Å². The van der Waals surface area contributed by atoms with Gasteiger partial charge in [0.15, 0.2) is 14.9 Å². The van der Waals surface area contributed by atoms with Gasteiger partial charge >= 0.3 is 5.97 Å². The molecule has 0 aliphatic heterocycles. The minimum atomic E-state index is -3.83. The Balaban J connectivity index is 1.38. The minimum absolute atomic E-state index is 0.211. The number of carboxylic acid groups (broad SMARTS) is 1. The molecule has 3 aromatic heterocycles. The maximum atomic E-state index is 13.3. The molecule has 36 heavy (non-hydrogen) atoms. The van der Waals surface area contributed by atoms with Crippen LogP contribution in [0.15, 0.2) is 66.2 Å². The van der Waals surface area contributed by atoms with E-state index in [9.17, 15) is 22.4 Å². The first kappa shape index (κ1) is 23.5. The molecule has 0 atom stereocenters. The van der Waals surface area contributed by atoms with Crippen LogP contribution in [0, 0.1) is 5.82 Å². The van der Waals surface area contributed by atoms with Gasteiger partial charge in [0, 0.05) is 17.8 Å². The second kappa shape index (κ2) is 8.79. The Kier molecular flexibility index (Phi) is 5.75. The Morgan fingerprint density at radius 2 is 1.81 bits per heavy atom. The third-order valence-corrected chi connectivity index (χ3v) is 7.73. The smallest absolute Gasteiger partial charge is 0.304 e. The number of pyridine rings is 2. The van der Waals surface area contributed by atoms with Crippen LogP contribution in [0.3, 0.4) is 0 Å². The monoisotopic (exact) mass is 509 g/mol. The van der Waals surface area contributed by atoms with Crippen LogP contribution in [0.25, 0.3) is 16.6 Å². The third-order valence-electron chi connectivity index (χ3n) is 6.11. The fourth-order valence-electron chi connectivity index (χ4n) is 3.98. The fraction of sp³-hybridized carbons (Fsp3) is 0.208. The second-order valence-corrected chi connectivity index (χ2v) is 10.6. The van der Waals surface area contributed by atoms with E-state index < -0.39 is 33.5 Å². The van der Waals surface area contributed by atoms with Gasteiger partial charge in [-0.15, -0.1) is 0 Å². The number of aliphatic carboxylic acids is 1. The number of amides is 1. The number of benzene rings is 1. The highest BCUT2D eigenvalue weighted by Crippen LogP contribution is 2.45. The van der Waals surface area contributed by atoms with Crippen molar-refractivity contribution in [2.24, 2.45) is 0 Å². The third kappa shape index (κ3) is 4.42. The van der Waals surface area contributed by atoms with E-state index in [0.717, 1.165) is 0 Å². The molecule has 12 heteroatoms. The van der Waals surface area contributed by atoms with E-state index >= 15 is 0 Å². The van der Waals surface area contributed by atoms with E-state index in [1.165, 1.54) is 30.6 Å². The first-order valence-corrected chi connectivity index (χ1v) is 12.7. The molecule has 1 fully saturated rings. The zero-order chi connectivity index (χ0) is 25.5. The van der Waals surface area contributed by atoms with Gasteiger partial charge in [-0.2, -0.15) is 5.10 Å². The summed E-state index contributed by atoms with van der Waals surface area (Å²) in [6.07, 6.45) is 6.74. The molecule has 0 saturated heterocycles. The highest BCUT2D eigenvalue weighted by molar-refractivity contribution is 7.91. The molecular weight excluding hydrogens is 489 g/mol. The molecule has 10 nitrogen and oxygen atoms in total. The molecule has 1 amide bonds. The number of carbonyl (C=O) groups excluding carboxylic acids is 1. The Bertz CT molecular complexity index is 1580. The number of hydrogen-bond donors (Lipinski definition) is 2. The van der Waals surface area contributed by atoms with Crippen molar-refractivity contribution in [1.82, 2.24) is 25.1 Å². The second-order valence-electron chi connectivity index (χ2n) is 8.54. The number of aromatic nitrogens is 4. The van der Waals surface area contributed by atoms with E-state index in [2.05, 4.69) is 20.4 Å². The lowest BCUT2D eigenvalue weighted by Gasteiger charge is -2.18. The number of rotatable bonds is 8. The molecule has 4 aromatic rings. The summed E-state index contributed by atoms with van der Waals surface area (Å²) >= 11 is 0. The van der Waals surface area contributed by atoms with E-state index in [1.54, 1.807) is 35.3 Å². The van der Waals surface area contributed by atoms with Gasteiger partial charge in [-0.05, 0) is 48.7 Å². The average Bonchev–Trinajstić information content (AvgIpc) is 3.52. The molecule has 1 aliphatic carbocycles. The molecule has 1 aromatic carbocycles. The van der Waals surface area contributed by atoms with Crippen molar-refractivity contribution < 1.29 is 27.5 Å². The van der Waals surface area contributed by atoms with Crippen molar-refractivity contribution in [1.29, 1.82) is 0 Å². The van der Waals surface area contributed by atoms with Crippen LogP contribution in [0.1, 0.15) is 35.2 Å². The molecule has 184 valence electrons. The van der Waals surface area contributed by atoms with Gasteiger partial charge in [-0.3, -0.25) is 14.6 Å². The molecule has 0 bridgehead atoms. The summed E-state index contributed by atoms with van der Waals surface area (Å²) in [5.41, 5.74) is 1.47. The quantitative estimate of drug-likeness (QED) is 0.369. The first-order chi connectivity index (χ1) is 17.2. The summed E-state index contributed by atoms with van der Waals surface area (Å²) in [6, 6.07) is 8.70. The normalized spacial score (nSPS) is 14.5. The van der Waals surface area contributed by atoms with Gasteiger partial charge in [0.2, 0.25) is 0 Å². The number of carbonyl (C=O) groups is 2. The van der Waals surface area contributed by atoms with Crippen LogP contribution >= 0.6 is 0 Å². The van der Waals surface area contributed by atoms with E-state index in [1.807, 2.05) is 0 Å². The number of hydrogen-bond acceptors (Lipinski definition) is 7. The van der Waals surface area contributed by atoms with Crippen molar-refractivity contribution in [2.75, 3.05) is 5.75 Å². The number of nitrogens with one attached hydrogen (secondary N) is 1. The van der Waals surface area contributed by atoms with Crippen molar-refractivity contribution in [2.45, 2.75) is 29.8 Å². The molecule has 0 radical (unpaired) electrons. The standard InChI is InChI=1S/C24H20FN5O5S/c25-16-2-4-17(5-3-16)30-20-14-26-12-19(18(20)13-28-30)23(33)29-24(8-9-24)15-1-6-21(27-11-15)36(34,35)10-7-22(31)32/h1-6,11-14H,7-10H2,(H,29,33)(H,31,32). The van der Waals surface area contributed by atoms with Gasteiger partial charge < -0.3 is 10.4 Å². The molecule has 0 unspecified atom stereocenters. The molecule has 1 saturated carbocycles. The van der Waals surface area contributed by atoms with Gasteiger partial charge in [0.05, 0.1) is 46.9 Å². The largest absolute Gasteiger partial charge is 0.481 e. The van der Waals surface area contributed by atoms with Gasteiger partial charge in [-0.25, -0.2) is 22.5 Å². The van der Waals surface area contributed by atoms with Crippen molar-refractivity contribution in [3.05, 3.63) is 78.1 Å². The highest BCUT2D eigenvalue weighted by atomic mass is 32.2. The summed E-state index contributed by atoms with van der Waals surface area (Å²) in [4.78, 5) is 32.2. The molecule has 5 rings (SSSR count). The molecule has 0 spiro atoms. The molecule has 2 N–H and O–H groups in total. The fourth-order valence-corrected chi connectivity index (χ4v) is 5.12. The summed E-state index contributed by atoms with van der Waals surface area (Å²) < 4.78 is 39.5. The maximum Gasteiger partial charge on any atom is 0.304 e. The van der Waals surface area contributed by atoms with Crippen molar-refractivity contribution in [3.63, 3.8) is 0 Å². The summed E-state index contributed by atoms with van der Waals surface area (Å²) in [5.74, 6) is -2.49. The molecular formula is C24H20FN5O5S. The number of fused-ring (bicyclic) bond motifs is 1. The Hall–Kier alpha value is -4.19. The predicted molar refractivity (Wildman–Crippen MR) is 126 cm³/mol. The Morgan fingerprint density at radius 1 is 1.06 bits per heavy atom. The molecule has 1 aliphatic rings. The first-order valence-electron chi connectivity index (χ1n) is 11.0. The highest BCUT2D eigenvalue weighted by Gasteiger charge is 2.46. The SMILES string of the molecule is O=C(O)CCS(=O)(=O)c1ccc(C2(NC(=O)c3cncc4c3cnn4-c3ccc(F)cc3)CC2)cn1. The number of carboxylic acids is 1. The summed E-state index contributed by atoms with van der Waals surface area (Å²) in [5, 5.41) is 16.5. The predicted octanol–water partition coefficient (Wildman–Crippen LogP) is 2.62. The van der Waals surface area contributed by atoms with Crippen LogP contribution in [-0.2, 0) is 20.2 Å².